The molecule has 0 aliphatic heterocycles. The summed E-state index contributed by atoms with van der Waals surface area (Å²) in [7, 11) is -0.980. The van der Waals surface area contributed by atoms with Crippen LogP contribution in [0, 0.1) is 0 Å². The van der Waals surface area contributed by atoms with E-state index in [0.717, 1.165) is 15.9 Å². The summed E-state index contributed by atoms with van der Waals surface area (Å²) in [6.45, 7) is 8.48. The molecule has 0 fully saturated rings. The molecule has 94 valence electrons. The smallest absolute Gasteiger partial charge is 0.139 e. The fraction of sp³-hybridized carbons (Fsp3) is 0.545. The highest BCUT2D eigenvalue weighted by Crippen LogP contribution is 2.28. The van der Waals surface area contributed by atoms with Gasteiger partial charge in [0.05, 0.1) is 8.49 Å². The molecule has 0 saturated heterocycles. The van der Waals surface area contributed by atoms with E-state index in [9.17, 15) is 0 Å². The van der Waals surface area contributed by atoms with E-state index >= 15 is 0 Å². The molecule has 0 aromatic carbocycles. The number of hydrogen-bond acceptors (Lipinski definition) is 3. The number of hydrogen-bond donors (Lipinski definition) is 0. The summed E-state index contributed by atoms with van der Waals surface area (Å²) in [6, 6.07) is 3.24. The van der Waals surface area contributed by atoms with Gasteiger partial charge < -0.3 is 4.74 Å². The lowest BCUT2D eigenvalue weighted by Crippen LogP contribution is -2.22. The quantitative estimate of drug-likeness (QED) is 0.606. The molecule has 3 nitrogen and oxygen atoms in total. The Morgan fingerprint density at radius 1 is 1.47 bits per heavy atom. The van der Waals surface area contributed by atoms with Gasteiger partial charge in [-0.05, 0) is 28.0 Å². The average Bonchev–Trinajstić information content (AvgIpc) is 2.67. The molecule has 0 saturated carbocycles. The van der Waals surface area contributed by atoms with Gasteiger partial charge in [-0.25, -0.2) is 4.68 Å². The Balaban J connectivity index is 1.85. The largest absolute Gasteiger partial charge is 0.360 e. The number of fused-ring (bicyclic) bond motifs is 1. The molecule has 0 bridgehead atoms. The van der Waals surface area contributed by atoms with Gasteiger partial charge in [0, 0.05) is 20.9 Å². The molecule has 2 heterocycles. The topological polar surface area (TPSA) is 27.1 Å². The van der Waals surface area contributed by atoms with Crippen LogP contribution in [0.1, 0.15) is 0 Å². The van der Waals surface area contributed by atoms with Crippen LogP contribution in [-0.4, -0.2) is 24.5 Å². The molecule has 0 atom stereocenters. The molecule has 0 spiro atoms. The second kappa shape index (κ2) is 5.22. The first-order chi connectivity index (χ1) is 7.94. The Bertz CT molecular complexity index is 471. The van der Waals surface area contributed by atoms with Crippen LogP contribution in [0.25, 0.3) is 10.2 Å². The van der Waals surface area contributed by atoms with Gasteiger partial charge in [0.25, 0.3) is 0 Å². The van der Waals surface area contributed by atoms with Gasteiger partial charge in [-0.2, -0.15) is 5.10 Å². The first-order valence-corrected chi connectivity index (χ1v) is 11.0. The average molecular weight is 333 g/mol. The summed E-state index contributed by atoms with van der Waals surface area (Å²) < 4.78 is 9.85. The second-order valence-corrected chi connectivity index (χ2v) is 13.4. The van der Waals surface area contributed by atoms with E-state index in [1.807, 2.05) is 16.9 Å². The van der Waals surface area contributed by atoms with Crippen molar-refractivity contribution >= 4 is 45.6 Å². The Morgan fingerprint density at radius 3 is 2.88 bits per heavy atom. The normalized spacial score (nSPS) is 12.5. The van der Waals surface area contributed by atoms with Crippen molar-refractivity contribution in [1.29, 1.82) is 0 Å². The second-order valence-electron chi connectivity index (χ2n) is 5.32. The monoisotopic (exact) mass is 332 g/mol. The minimum absolute atomic E-state index is 0.559. The van der Waals surface area contributed by atoms with Gasteiger partial charge in [-0.3, -0.25) is 0 Å². The Kier molecular flexibility index (Phi) is 4.07. The van der Waals surface area contributed by atoms with E-state index in [-0.39, 0.29) is 0 Å². The summed E-state index contributed by atoms with van der Waals surface area (Å²) in [6.07, 6.45) is 2.04. The van der Waals surface area contributed by atoms with E-state index in [2.05, 4.69) is 40.7 Å². The first-order valence-electron chi connectivity index (χ1n) is 5.64. The lowest BCUT2D eigenvalue weighted by molar-refractivity contribution is 0.0791. The maximum absolute atomic E-state index is 5.65. The number of aromatic nitrogens is 2. The standard InChI is InChI=1S/C11H17BrN2OSSi/c1-17(2,3)5-4-15-8-14-7-10-9(13-14)6-11(12)16-10/h6-7H,4-5,8H2,1-3H3. The van der Waals surface area contributed by atoms with Crippen molar-refractivity contribution in [2.45, 2.75) is 32.4 Å². The van der Waals surface area contributed by atoms with Gasteiger partial charge in [0.2, 0.25) is 0 Å². The van der Waals surface area contributed by atoms with E-state index in [1.165, 1.54) is 10.7 Å². The number of halogens is 1. The van der Waals surface area contributed by atoms with Crippen LogP contribution in [0.15, 0.2) is 16.0 Å². The van der Waals surface area contributed by atoms with E-state index in [0.29, 0.717) is 6.73 Å². The number of ether oxygens (including phenoxy) is 1. The zero-order chi connectivity index (χ0) is 12.5. The fourth-order valence-electron chi connectivity index (χ4n) is 1.44. The third-order valence-corrected chi connectivity index (χ3v) is 5.70. The molecule has 0 aliphatic rings. The highest BCUT2D eigenvalue weighted by molar-refractivity contribution is 9.11. The predicted molar refractivity (Wildman–Crippen MR) is 79.4 cm³/mol. The van der Waals surface area contributed by atoms with E-state index in [4.69, 9.17) is 4.74 Å². The Morgan fingerprint density at radius 2 is 2.24 bits per heavy atom. The summed E-state index contributed by atoms with van der Waals surface area (Å²) in [5, 5.41) is 4.45. The van der Waals surface area contributed by atoms with Gasteiger partial charge in [0.15, 0.2) is 0 Å². The predicted octanol–water partition coefficient (Wildman–Crippen LogP) is 4.17. The number of thiophene rings is 1. The number of rotatable bonds is 5. The lowest BCUT2D eigenvalue weighted by atomic mass is 10.5. The van der Waals surface area contributed by atoms with Crippen LogP contribution in [0.4, 0.5) is 0 Å². The molecule has 0 amide bonds. The van der Waals surface area contributed by atoms with Crippen molar-refractivity contribution in [2.75, 3.05) is 6.61 Å². The molecule has 0 aliphatic carbocycles. The van der Waals surface area contributed by atoms with Crippen molar-refractivity contribution in [3.05, 3.63) is 16.0 Å². The fourth-order valence-corrected chi connectivity index (χ4v) is 3.70. The van der Waals surface area contributed by atoms with Crippen molar-refractivity contribution < 1.29 is 4.74 Å². The molecule has 2 aromatic heterocycles. The van der Waals surface area contributed by atoms with Crippen molar-refractivity contribution in [1.82, 2.24) is 9.78 Å². The molecular weight excluding hydrogens is 316 g/mol. The molecule has 0 unspecified atom stereocenters. The summed E-state index contributed by atoms with van der Waals surface area (Å²) >= 11 is 5.16. The van der Waals surface area contributed by atoms with Gasteiger partial charge in [0.1, 0.15) is 12.2 Å². The first kappa shape index (κ1) is 13.3. The third kappa shape index (κ3) is 3.91. The summed E-state index contributed by atoms with van der Waals surface area (Å²) in [5.41, 5.74) is 1.04. The van der Waals surface area contributed by atoms with Crippen LogP contribution >= 0.6 is 27.3 Å². The van der Waals surface area contributed by atoms with Crippen molar-refractivity contribution in [3.8, 4) is 0 Å². The van der Waals surface area contributed by atoms with Gasteiger partial charge >= 0.3 is 0 Å². The Hall–Kier alpha value is -0.173. The van der Waals surface area contributed by atoms with E-state index in [1.54, 1.807) is 11.3 Å². The van der Waals surface area contributed by atoms with Gasteiger partial charge in [-0.15, -0.1) is 11.3 Å². The highest BCUT2D eigenvalue weighted by atomic mass is 79.9. The molecule has 6 heteroatoms. The van der Waals surface area contributed by atoms with Crippen LogP contribution in [0.5, 0.6) is 0 Å². The molecule has 17 heavy (non-hydrogen) atoms. The van der Waals surface area contributed by atoms with Crippen LogP contribution < -0.4 is 0 Å². The van der Waals surface area contributed by atoms with Crippen LogP contribution in [-0.2, 0) is 11.5 Å². The Labute approximate surface area is 115 Å². The minimum atomic E-state index is -0.980. The summed E-state index contributed by atoms with van der Waals surface area (Å²) in [5.74, 6) is 0. The highest BCUT2D eigenvalue weighted by Gasteiger charge is 2.12. The van der Waals surface area contributed by atoms with Crippen LogP contribution in [0.2, 0.25) is 25.7 Å². The van der Waals surface area contributed by atoms with E-state index < -0.39 is 8.07 Å². The maximum Gasteiger partial charge on any atom is 0.139 e. The van der Waals surface area contributed by atoms with Crippen molar-refractivity contribution in [2.24, 2.45) is 0 Å². The zero-order valence-electron chi connectivity index (χ0n) is 10.4. The minimum Gasteiger partial charge on any atom is -0.360 e. The molecule has 2 rings (SSSR count). The third-order valence-electron chi connectivity index (χ3n) is 2.43. The van der Waals surface area contributed by atoms with Crippen molar-refractivity contribution in [3.63, 3.8) is 0 Å². The lowest BCUT2D eigenvalue weighted by Gasteiger charge is -2.15. The molecule has 2 aromatic rings. The maximum atomic E-state index is 5.65. The van der Waals surface area contributed by atoms with Crippen LogP contribution in [0.3, 0.4) is 0 Å². The van der Waals surface area contributed by atoms with Gasteiger partial charge in [-0.1, -0.05) is 19.6 Å². The summed E-state index contributed by atoms with van der Waals surface area (Å²) in [4.78, 5) is 0. The molecule has 0 N–H and O–H groups in total. The number of nitrogens with zero attached hydrogens (tertiary/aromatic N) is 2. The molecule has 0 radical (unpaired) electrons. The molecular formula is C11H17BrN2OSSi. The zero-order valence-corrected chi connectivity index (χ0v) is 13.8. The SMILES string of the molecule is C[Si](C)(C)CCOCn1cc2sc(Br)cc2n1.